The summed E-state index contributed by atoms with van der Waals surface area (Å²) in [6.45, 7) is 1.81. The van der Waals surface area contributed by atoms with Gasteiger partial charge in [-0.1, -0.05) is 23.9 Å². The number of rotatable bonds is 6. The highest BCUT2D eigenvalue weighted by Gasteiger charge is 2.24. The van der Waals surface area contributed by atoms with E-state index in [-0.39, 0.29) is 18.1 Å². The summed E-state index contributed by atoms with van der Waals surface area (Å²) in [7, 11) is 0. The first-order valence-corrected chi connectivity index (χ1v) is 11.2. The number of hydrogen-bond acceptors (Lipinski definition) is 8. The monoisotopic (exact) mass is 454 g/mol. The Morgan fingerprint density at radius 3 is 2.39 bits per heavy atom. The van der Waals surface area contributed by atoms with Crippen LogP contribution in [0.25, 0.3) is 22.8 Å². The van der Waals surface area contributed by atoms with Gasteiger partial charge in [0.05, 0.1) is 23.1 Å². The van der Waals surface area contributed by atoms with Crippen molar-refractivity contribution in [1.82, 2.24) is 25.1 Å². The molecular formula is C24H18N6O2S. The van der Waals surface area contributed by atoms with E-state index >= 15 is 0 Å². The first-order valence-electron chi connectivity index (χ1n) is 10.3. The quantitative estimate of drug-likeness (QED) is 0.345. The van der Waals surface area contributed by atoms with Gasteiger partial charge < -0.3 is 5.32 Å². The van der Waals surface area contributed by atoms with E-state index in [2.05, 4.69) is 30.5 Å². The normalized spacial score (nSPS) is 13.3. The molecule has 0 radical (unpaired) electrons. The molecule has 0 saturated heterocycles. The van der Waals surface area contributed by atoms with Gasteiger partial charge in [-0.15, -0.1) is 10.2 Å². The van der Waals surface area contributed by atoms with E-state index in [0.29, 0.717) is 33.5 Å². The second kappa shape index (κ2) is 8.87. The first-order chi connectivity index (χ1) is 16.1. The van der Waals surface area contributed by atoms with Gasteiger partial charge in [-0.2, -0.15) is 0 Å². The number of carbonyl (C=O) groups is 2. The molecule has 0 aliphatic carbocycles. The highest BCUT2D eigenvalue weighted by atomic mass is 32.2. The second-order valence-electron chi connectivity index (χ2n) is 7.44. The van der Waals surface area contributed by atoms with Crippen LogP contribution in [0.15, 0.2) is 72.1 Å². The van der Waals surface area contributed by atoms with Crippen molar-refractivity contribution in [3.63, 3.8) is 0 Å². The lowest BCUT2D eigenvalue weighted by atomic mass is 10.0. The predicted octanol–water partition coefficient (Wildman–Crippen LogP) is 3.85. The minimum atomic E-state index is -0.452. The average Bonchev–Trinajstić information content (AvgIpc) is 3.23. The minimum absolute atomic E-state index is 0.0634. The Labute approximate surface area is 193 Å². The largest absolute Gasteiger partial charge is 0.326 e. The fraction of sp³-hybridized carbons (Fsp3) is 0.125. The summed E-state index contributed by atoms with van der Waals surface area (Å²) in [5.74, 6) is -0.134. The Morgan fingerprint density at radius 2 is 1.70 bits per heavy atom. The van der Waals surface area contributed by atoms with E-state index in [1.54, 1.807) is 37.5 Å². The number of ketones is 1. The molecule has 1 aliphatic rings. The Kier molecular flexibility index (Phi) is 5.62. The molecule has 0 saturated carbocycles. The third-order valence-electron chi connectivity index (χ3n) is 5.15. The number of amides is 1. The zero-order valence-corrected chi connectivity index (χ0v) is 18.4. The number of benzene rings is 1. The summed E-state index contributed by atoms with van der Waals surface area (Å²) in [6.07, 6.45) is 3.65. The van der Waals surface area contributed by atoms with E-state index in [1.807, 2.05) is 36.4 Å². The summed E-state index contributed by atoms with van der Waals surface area (Å²) in [6, 6.07) is 16.4. The second-order valence-corrected chi connectivity index (χ2v) is 8.75. The summed E-state index contributed by atoms with van der Waals surface area (Å²) >= 11 is 1.23. The lowest BCUT2D eigenvalue weighted by molar-refractivity contribution is -0.115. The van der Waals surface area contributed by atoms with Crippen LogP contribution < -0.4 is 5.32 Å². The molecule has 9 heteroatoms. The molecule has 0 unspecified atom stereocenters. The number of Topliss-reactive ketones (excluding diaryl/α,β-unsaturated/α-hetero) is 1. The van der Waals surface area contributed by atoms with Crippen LogP contribution in [0, 0.1) is 0 Å². The highest BCUT2D eigenvalue weighted by molar-refractivity contribution is 8.00. The molecule has 162 valence electrons. The van der Waals surface area contributed by atoms with Crippen LogP contribution in [0.1, 0.15) is 22.8 Å². The van der Waals surface area contributed by atoms with Crippen molar-refractivity contribution in [3.8, 4) is 22.8 Å². The number of pyridine rings is 2. The molecule has 4 heterocycles. The van der Waals surface area contributed by atoms with Crippen LogP contribution in [0.3, 0.4) is 0 Å². The standard InChI is InChI=1S/C24H18N6O2S/c1-14(23(32)15-8-9-17-16(12-15)13-20(31)27-17)33-24-28-21(18-6-2-4-10-25-18)22(29-30-24)19-7-3-5-11-26-19/h2-12,14H,13H2,1H3,(H,27,31)/t14-/m0/s1. The van der Waals surface area contributed by atoms with Gasteiger partial charge in [0, 0.05) is 23.6 Å². The van der Waals surface area contributed by atoms with E-state index in [0.717, 1.165) is 11.3 Å². The lowest BCUT2D eigenvalue weighted by Crippen LogP contribution is -2.15. The van der Waals surface area contributed by atoms with E-state index in [4.69, 9.17) is 0 Å². The molecule has 4 aromatic rings. The van der Waals surface area contributed by atoms with Gasteiger partial charge in [0.25, 0.3) is 0 Å². The van der Waals surface area contributed by atoms with Crippen molar-refractivity contribution >= 4 is 29.1 Å². The molecule has 3 aromatic heterocycles. The van der Waals surface area contributed by atoms with E-state index in [1.165, 1.54) is 11.8 Å². The number of nitrogens with one attached hydrogen (secondary N) is 1. The Balaban J connectivity index is 1.43. The first kappa shape index (κ1) is 20.9. The van der Waals surface area contributed by atoms with Crippen molar-refractivity contribution < 1.29 is 9.59 Å². The molecule has 8 nitrogen and oxygen atoms in total. The van der Waals surface area contributed by atoms with Crippen molar-refractivity contribution in [1.29, 1.82) is 0 Å². The summed E-state index contributed by atoms with van der Waals surface area (Å²) in [5.41, 5.74) is 4.49. The van der Waals surface area contributed by atoms with Crippen LogP contribution in [-0.4, -0.2) is 42.1 Å². The van der Waals surface area contributed by atoms with Gasteiger partial charge in [0.2, 0.25) is 11.1 Å². The van der Waals surface area contributed by atoms with Gasteiger partial charge >= 0.3 is 0 Å². The van der Waals surface area contributed by atoms with Crippen molar-refractivity contribution in [3.05, 3.63) is 78.1 Å². The van der Waals surface area contributed by atoms with Crippen LogP contribution in [0.5, 0.6) is 0 Å². The van der Waals surface area contributed by atoms with Crippen molar-refractivity contribution in [2.75, 3.05) is 5.32 Å². The molecular weight excluding hydrogens is 436 g/mol. The van der Waals surface area contributed by atoms with Crippen LogP contribution >= 0.6 is 11.8 Å². The van der Waals surface area contributed by atoms with E-state index in [9.17, 15) is 9.59 Å². The smallest absolute Gasteiger partial charge is 0.228 e. The number of carbonyl (C=O) groups excluding carboxylic acids is 2. The van der Waals surface area contributed by atoms with Crippen LogP contribution in [0.2, 0.25) is 0 Å². The average molecular weight is 455 g/mol. The topological polar surface area (TPSA) is 111 Å². The van der Waals surface area contributed by atoms with Gasteiger partial charge in [-0.25, -0.2) is 4.98 Å². The molecule has 1 amide bonds. The van der Waals surface area contributed by atoms with Gasteiger partial charge in [0.15, 0.2) is 5.78 Å². The number of thioether (sulfide) groups is 1. The summed E-state index contributed by atoms with van der Waals surface area (Å²) in [5, 5.41) is 11.3. The molecule has 33 heavy (non-hydrogen) atoms. The maximum absolute atomic E-state index is 13.0. The minimum Gasteiger partial charge on any atom is -0.326 e. The molecule has 5 rings (SSSR count). The Morgan fingerprint density at radius 1 is 0.970 bits per heavy atom. The molecule has 1 N–H and O–H groups in total. The molecule has 1 aliphatic heterocycles. The lowest BCUT2D eigenvalue weighted by Gasteiger charge is -2.12. The van der Waals surface area contributed by atoms with Gasteiger partial charge in [-0.3, -0.25) is 19.6 Å². The zero-order valence-electron chi connectivity index (χ0n) is 17.6. The number of fused-ring (bicyclic) bond motifs is 1. The van der Waals surface area contributed by atoms with Crippen LogP contribution in [0.4, 0.5) is 5.69 Å². The fourth-order valence-corrected chi connectivity index (χ4v) is 4.34. The summed E-state index contributed by atoms with van der Waals surface area (Å²) in [4.78, 5) is 38.1. The highest BCUT2D eigenvalue weighted by Crippen LogP contribution is 2.30. The number of anilines is 1. The molecule has 0 fully saturated rings. The number of nitrogens with zero attached hydrogens (tertiary/aromatic N) is 5. The van der Waals surface area contributed by atoms with Crippen molar-refractivity contribution in [2.24, 2.45) is 0 Å². The molecule has 1 atom stereocenters. The molecule has 0 bridgehead atoms. The van der Waals surface area contributed by atoms with Gasteiger partial charge in [-0.05, 0) is 55.0 Å². The maximum atomic E-state index is 13.0. The Bertz CT molecular complexity index is 1350. The summed E-state index contributed by atoms with van der Waals surface area (Å²) < 4.78 is 0. The van der Waals surface area contributed by atoms with Crippen LogP contribution in [-0.2, 0) is 11.2 Å². The Hall–Kier alpha value is -3.98. The number of hydrogen-bond donors (Lipinski definition) is 1. The van der Waals surface area contributed by atoms with Gasteiger partial charge in [0.1, 0.15) is 11.4 Å². The zero-order chi connectivity index (χ0) is 22.8. The molecule has 0 spiro atoms. The van der Waals surface area contributed by atoms with E-state index < -0.39 is 5.25 Å². The predicted molar refractivity (Wildman–Crippen MR) is 125 cm³/mol. The van der Waals surface area contributed by atoms with Crippen molar-refractivity contribution in [2.45, 2.75) is 23.8 Å². The third-order valence-corrected chi connectivity index (χ3v) is 6.10. The third kappa shape index (κ3) is 4.35. The SMILES string of the molecule is C[C@H](Sc1nnc(-c2ccccn2)c(-c2ccccn2)n1)C(=O)c1ccc2c(c1)CC(=O)N2. The maximum Gasteiger partial charge on any atom is 0.228 e. The fourth-order valence-electron chi connectivity index (χ4n) is 3.55. The molecule has 1 aromatic carbocycles. The number of aromatic nitrogens is 5.